The highest BCUT2D eigenvalue weighted by Crippen LogP contribution is 2.51. The first-order chi connectivity index (χ1) is 25.5. The Labute approximate surface area is 305 Å². The summed E-state index contributed by atoms with van der Waals surface area (Å²) in [5.74, 6) is 0. The Kier molecular flexibility index (Phi) is 6.91. The molecule has 0 radical (unpaired) electrons. The lowest BCUT2D eigenvalue weighted by Gasteiger charge is -2.28. The van der Waals surface area contributed by atoms with Crippen LogP contribution < -0.4 is 4.90 Å². The average molecular weight is 664 g/mol. The summed E-state index contributed by atoms with van der Waals surface area (Å²) < 4.78 is 0. The second-order valence-electron chi connectivity index (χ2n) is 14.6. The van der Waals surface area contributed by atoms with Gasteiger partial charge in [-0.3, -0.25) is 0 Å². The zero-order valence-corrected chi connectivity index (χ0v) is 29.3. The summed E-state index contributed by atoms with van der Waals surface area (Å²) in [5, 5.41) is 7.59. The van der Waals surface area contributed by atoms with Gasteiger partial charge in [-0.05, 0) is 119 Å². The van der Waals surface area contributed by atoms with E-state index in [1.54, 1.807) is 0 Å². The van der Waals surface area contributed by atoms with E-state index in [0.717, 1.165) is 17.1 Å². The first-order valence-corrected chi connectivity index (χ1v) is 18.2. The first-order valence-electron chi connectivity index (χ1n) is 18.2. The molecule has 1 aliphatic carbocycles. The average Bonchev–Trinajstić information content (AvgIpc) is 3.43. The van der Waals surface area contributed by atoms with Crippen molar-refractivity contribution in [2.75, 3.05) is 4.90 Å². The SMILES string of the molecule is CC1(C)c2ccccc2-c2ccc(N(c3ccc(-c4cccc(-c5cccc6ccccc56)c4)cc3)c3ccc4c(ccc5ccccc54)c3)cc21. The van der Waals surface area contributed by atoms with Crippen LogP contribution in [0.15, 0.2) is 188 Å². The van der Waals surface area contributed by atoms with Crippen molar-refractivity contribution >= 4 is 49.4 Å². The summed E-state index contributed by atoms with van der Waals surface area (Å²) in [5.41, 5.74) is 13.7. The number of nitrogens with zero attached hydrogens (tertiary/aromatic N) is 1. The molecule has 0 amide bonds. The molecule has 0 heterocycles. The van der Waals surface area contributed by atoms with Crippen molar-refractivity contribution in [1.82, 2.24) is 0 Å². The van der Waals surface area contributed by atoms with E-state index in [1.807, 2.05) is 0 Å². The molecular weight excluding hydrogens is 627 g/mol. The Morgan fingerprint density at radius 1 is 0.327 bits per heavy atom. The van der Waals surface area contributed by atoms with Crippen LogP contribution in [0.5, 0.6) is 0 Å². The second kappa shape index (κ2) is 11.8. The maximum atomic E-state index is 2.42. The predicted octanol–water partition coefficient (Wildman–Crippen LogP) is 14.3. The predicted molar refractivity (Wildman–Crippen MR) is 222 cm³/mol. The van der Waals surface area contributed by atoms with Crippen LogP contribution in [0.25, 0.3) is 65.7 Å². The Morgan fingerprint density at radius 2 is 0.904 bits per heavy atom. The van der Waals surface area contributed by atoms with Gasteiger partial charge in [-0.1, -0.05) is 159 Å². The Hall–Kier alpha value is -6.44. The molecule has 52 heavy (non-hydrogen) atoms. The standard InChI is InChI=1S/C51H37N/c1-51(2)49-20-8-7-18-47(49)48-30-28-42(33-50(48)51)52(41-27-29-46-39(32-41)22-21-36-12-4-6-17-44(36)46)40-25-23-34(24-26-40)37-14-9-15-38(31-37)45-19-10-13-35-11-3-5-16-43(35)45/h3-33H,1-2H3. The maximum Gasteiger partial charge on any atom is 0.0468 e. The lowest BCUT2D eigenvalue weighted by atomic mass is 9.82. The molecular formula is C51H37N. The van der Waals surface area contributed by atoms with Crippen LogP contribution >= 0.6 is 0 Å². The smallest absolute Gasteiger partial charge is 0.0468 e. The molecule has 0 unspecified atom stereocenters. The van der Waals surface area contributed by atoms with Crippen molar-refractivity contribution in [3.05, 3.63) is 199 Å². The van der Waals surface area contributed by atoms with E-state index in [2.05, 4.69) is 207 Å². The van der Waals surface area contributed by atoms with Gasteiger partial charge in [0.2, 0.25) is 0 Å². The van der Waals surface area contributed by atoms with E-state index >= 15 is 0 Å². The van der Waals surface area contributed by atoms with E-state index < -0.39 is 0 Å². The van der Waals surface area contributed by atoms with Crippen LogP contribution in [0, 0.1) is 0 Å². The monoisotopic (exact) mass is 663 g/mol. The molecule has 0 aromatic heterocycles. The van der Waals surface area contributed by atoms with E-state index in [1.165, 1.54) is 76.8 Å². The highest BCUT2D eigenvalue weighted by molar-refractivity contribution is 6.08. The third-order valence-corrected chi connectivity index (χ3v) is 11.2. The number of anilines is 3. The van der Waals surface area contributed by atoms with Crippen molar-refractivity contribution in [2.45, 2.75) is 19.3 Å². The van der Waals surface area contributed by atoms with Crippen LogP contribution in [0.1, 0.15) is 25.0 Å². The Bertz CT molecular complexity index is 2820. The summed E-state index contributed by atoms with van der Waals surface area (Å²) in [4.78, 5) is 2.42. The van der Waals surface area contributed by atoms with E-state index in [9.17, 15) is 0 Å². The minimum absolute atomic E-state index is 0.0884. The van der Waals surface area contributed by atoms with Crippen molar-refractivity contribution in [2.24, 2.45) is 0 Å². The van der Waals surface area contributed by atoms with Crippen molar-refractivity contribution in [1.29, 1.82) is 0 Å². The third kappa shape index (κ3) is 4.85. The van der Waals surface area contributed by atoms with Gasteiger partial charge in [0.25, 0.3) is 0 Å². The lowest BCUT2D eigenvalue weighted by molar-refractivity contribution is 0.660. The summed E-state index contributed by atoms with van der Waals surface area (Å²) in [6, 6.07) is 69.2. The molecule has 9 aromatic carbocycles. The molecule has 0 N–H and O–H groups in total. The van der Waals surface area contributed by atoms with Crippen LogP contribution in [-0.2, 0) is 5.41 Å². The van der Waals surface area contributed by atoms with Crippen molar-refractivity contribution < 1.29 is 0 Å². The molecule has 0 saturated heterocycles. The van der Waals surface area contributed by atoms with Crippen LogP contribution in [0.2, 0.25) is 0 Å². The number of hydrogen-bond acceptors (Lipinski definition) is 1. The molecule has 0 atom stereocenters. The molecule has 0 aliphatic heterocycles. The van der Waals surface area contributed by atoms with Gasteiger partial charge in [0.1, 0.15) is 0 Å². The Balaban J connectivity index is 1.09. The molecule has 1 aliphatic rings. The van der Waals surface area contributed by atoms with E-state index in [4.69, 9.17) is 0 Å². The number of hydrogen-bond donors (Lipinski definition) is 0. The second-order valence-corrected chi connectivity index (χ2v) is 14.6. The van der Waals surface area contributed by atoms with Gasteiger partial charge in [-0.25, -0.2) is 0 Å². The minimum atomic E-state index is -0.0884. The molecule has 0 bridgehead atoms. The van der Waals surface area contributed by atoms with Crippen molar-refractivity contribution in [3.63, 3.8) is 0 Å². The molecule has 246 valence electrons. The normalized spacial score (nSPS) is 13.0. The lowest BCUT2D eigenvalue weighted by Crippen LogP contribution is -2.16. The van der Waals surface area contributed by atoms with Gasteiger partial charge in [-0.15, -0.1) is 0 Å². The van der Waals surface area contributed by atoms with Crippen LogP contribution in [-0.4, -0.2) is 0 Å². The highest BCUT2D eigenvalue weighted by Gasteiger charge is 2.35. The van der Waals surface area contributed by atoms with Gasteiger partial charge < -0.3 is 4.90 Å². The summed E-state index contributed by atoms with van der Waals surface area (Å²) >= 11 is 0. The van der Waals surface area contributed by atoms with Crippen LogP contribution in [0.4, 0.5) is 17.1 Å². The summed E-state index contributed by atoms with van der Waals surface area (Å²) in [7, 11) is 0. The van der Waals surface area contributed by atoms with Gasteiger partial charge >= 0.3 is 0 Å². The zero-order valence-electron chi connectivity index (χ0n) is 29.3. The topological polar surface area (TPSA) is 3.24 Å². The van der Waals surface area contributed by atoms with Crippen molar-refractivity contribution in [3.8, 4) is 33.4 Å². The molecule has 9 aromatic rings. The number of fused-ring (bicyclic) bond motifs is 7. The zero-order chi connectivity index (χ0) is 34.8. The maximum absolute atomic E-state index is 2.42. The fourth-order valence-corrected chi connectivity index (χ4v) is 8.56. The fraction of sp³-hybridized carbons (Fsp3) is 0.0588. The highest BCUT2D eigenvalue weighted by atomic mass is 15.1. The molecule has 0 saturated carbocycles. The summed E-state index contributed by atoms with van der Waals surface area (Å²) in [6.45, 7) is 4.71. The first kappa shape index (κ1) is 30.4. The minimum Gasteiger partial charge on any atom is -0.310 e. The quantitative estimate of drug-likeness (QED) is 0.166. The van der Waals surface area contributed by atoms with Gasteiger partial charge in [0.15, 0.2) is 0 Å². The van der Waals surface area contributed by atoms with Gasteiger partial charge in [-0.2, -0.15) is 0 Å². The van der Waals surface area contributed by atoms with Gasteiger partial charge in [0, 0.05) is 22.5 Å². The van der Waals surface area contributed by atoms with E-state index in [-0.39, 0.29) is 5.41 Å². The fourth-order valence-electron chi connectivity index (χ4n) is 8.56. The molecule has 0 fully saturated rings. The summed E-state index contributed by atoms with van der Waals surface area (Å²) in [6.07, 6.45) is 0. The van der Waals surface area contributed by atoms with E-state index in [0.29, 0.717) is 0 Å². The molecule has 10 rings (SSSR count). The van der Waals surface area contributed by atoms with Gasteiger partial charge in [0.05, 0.1) is 0 Å². The number of rotatable bonds is 5. The third-order valence-electron chi connectivity index (χ3n) is 11.2. The Morgan fingerprint density at radius 3 is 1.77 bits per heavy atom. The molecule has 1 heteroatoms. The largest absolute Gasteiger partial charge is 0.310 e. The number of benzene rings is 9. The molecule has 1 nitrogen and oxygen atoms in total. The molecule has 0 spiro atoms. The van der Waals surface area contributed by atoms with Crippen LogP contribution in [0.3, 0.4) is 0 Å².